The van der Waals surface area contributed by atoms with E-state index in [9.17, 15) is 0 Å². The molecule has 0 aliphatic rings. The van der Waals surface area contributed by atoms with Gasteiger partial charge in [0.05, 0.1) is 11.6 Å². The average molecular weight is 470 g/mol. The van der Waals surface area contributed by atoms with Crippen LogP contribution in [-0.2, 0) is 59.4 Å². The molecule has 5 aromatic heterocycles. The van der Waals surface area contributed by atoms with Crippen molar-refractivity contribution in [2.75, 3.05) is 0 Å². The van der Waals surface area contributed by atoms with Crippen LogP contribution in [0.3, 0.4) is 0 Å². The van der Waals surface area contributed by atoms with E-state index in [2.05, 4.69) is 19.9 Å². The summed E-state index contributed by atoms with van der Waals surface area (Å²) in [6.07, 6.45) is 7.32. The fourth-order valence-corrected chi connectivity index (χ4v) is 3.44. The van der Waals surface area contributed by atoms with Gasteiger partial charge in [-0.05, 0) is 33.5 Å². The van der Waals surface area contributed by atoms with Gasteiger partial charge in [-0.2, -0.15) is 0 Å². The van der Waals surface area contributed by atoms with Gasteiger partial charge in [-0.25, -0.2) is 9.97 Å². The maximum Gasteiger partial charge on any atom is 2.00 e. The molecule has 1 radical (unpaired) electrons. The molecular formula is C18H22CuN12. The van der Waals surface area contributed by atoms with Crippen LogP contribution >= 0.6 is 0 Å². The van der Waals surface area contributed by atoms with Crippen LogP contribution in [0.15, 0.2) is 24.8 Å². The zero-order valence-electron chi connectivity index (χ0n) is 18.0. The maximum atomic E-state index is 4.78. The predicted molar refractivity (Wildman–Crippen MR) is 112 cm³/mol. The molecule has 165 valence electrons. The summed E-state index contributed by atoms with van der Waals surface area (Å²) in [6, 6.07) is 0. The summed E-state index contributed by atoms with van der Waals surface area (Å²) in [5, 5.41) is 0. The molecule has 0 aliphatic carbocycles. The Labute approximate surface area is 187 Å². The van der Waals surface area contributed by atoms with Gasteiger partial charge in [0.25, 0.3) is 0 Å². The van der Waals surface area contributed by atoms with E-state index >= 15 is 0 Å². The topological polar surface area (TPSA) is 109 Å². The van der Waals surface area contributed by atoms with Gasteiger partial charge < -0.3 is 47.3 Å². The number of aryl methyl sites for hydroxylation is 6. The SMILES string of the molecule is Cn1cc2nc1n(C)c1ncc([n-]1)n(C)c1cnc([n-]1)n(C)c1nc(cn1C)n2C.[Cu+2]. The Bertz CT molecular complexity index is 1450. The van der Waals surface area contributed by atoms with E-state index in [0.29, 0.717) is 34.4 Å². The molecule has 5 aromatic rings. The number of aromatic nitrogens is 12. The van der Waals surface area contributed by atoms with Crippen molar-refractivity contribution in [2.24, 2.45) is 42.3 Å². The van der Waals surface area contributed by atoms with E-state index in [0.717, 1.165) is 11.3 Å². The normalized spacial score (nSPS) is 11.3. The second-order valence-corrected chi connectivity index (χ2v) is 7.31. The third-order valence-corrected chi connectivity index (χ3v) is 5.27. The first-order chi connectivity index (χ1) is 14.3. The van der Waals surface area contributed by atoms with Gasteiger partial charge in [0.2, 0.25) is 0 Å². The van der Waals surface area contributed by atoms with Crippen LogP contribution in [0.5, 0.6) is 0 Å². The Morgan fingerprint density at radius 3 is 1.45 bits per heavy atom. The zero-order valence-corrected chi connectivity index (χ0v) is 18.9. The molecule has 0 saturated heterocycles. The molecule has 0 unspecified atom stereocenters. The minimum absolute atomic E-state index is 0. The van der Waals surface area contributed by atoms with Crippen molar-refractivity contribution < 1.29 is 17.1 Å². The molecule has 0 N–H and O–H groups in total. The van der Waals surface area contributed by atoms with Crippen molar-refractivity contribution in [1.82, 2.24) is 57.3 Å². The molecule has 0 atom stereocenters. The van der Waals surface area contributed by atoms with Crippen LogP contribution in [0.4, 0.5) is 0 Å². The molecule has 0 spiro atoms. The fourth-order valence-electron chi connectivity index (χ4n) is 3.44. The summed E-state index contributed by atoms with van der Waals surface area (Å²) in [5.41, 5.74) is 2.86. The van der Waals surface area contributed by atoms with Crippen molar-refractivity contribution in [3.05, 3.63) is 24.8 Å². The van der Waals surface area contributed by atoms with Crippen molar-refractivity contribution in [1.29, 1.82) is 0 Å². The van der Waals surface area contributed by atoms with Crippen LogP contribution in [0.2, 0.25) is 0 Å². The quantitative estimate of drug-likeness (QED) is 0.308. The minimum atomic E-state index is 0. The monoisotopic (exact) mass is 469 g/mol. The van der Waals surface area contributed by atoms with E-state index in [4.69, 9.17) is 9.97 Å². The molecule has 8 bridgehead atoms. The molecule has 0 amide bonds. The largest absolute Gasteiger partial charge is 2.00 e. The molecular weight excluding hydrogens is 448 g/mol. The summed E-state index contributed by atoms with van der Waals surface area (Å²) in [7, 11) is 11.5. The Morgan fingerprint density at radius 2 is 1.03 bits per heavy atom. The molecule has 0 saturated carbocycles. The standard InChI is InChI=1S/C18H22N12.Cu/c1-25-9-13-23-17(25)29(5)15-19-7-11(21-15)27(3)12-8-20-16(22-12)30(6)18-24-14(28(13)4)10-26(18)2;/h7-10H,1-6H3;/q-2;+2. The van der Waals surface area contributed by atoms with Crippen molar-refractivity contribution in [3.63, 3.8) is 0 Å². The van der Waals surface area contributed by atoms with E-state index in [1.165, 1.54) is 0 Å². The smallest absolute Gasteiger partial charge is 0.378 e. The van der Waals surface area contributed by atoms with E-state index in [-0.39, 0.29) is 17.1 Å². The van der Waals surface area contributed by atoms with Crippen molar-refractivity contribution in [2.45, 2.75) is 0 Å². The molecule has 13 heteroatoms. The molecule has 0 aliphatic heterocycles. The molecule has 12 nitrogen and oxygen atoms in total. The van der Waals surface area contributed by atoms with Gasteiger partial charge >= 0.3 is 17.1 Å². The number of nitrogens with zero attached hydrogens (tertiary/aromatic N) is 12. The van der Waals surface area contributed by atoms with E-state index < -0.39 is 0 Å². The summed E-state index contributed by atoms with van der Waals surface area (Å²) >= 11 is 0. The van der Waals surface area contributed by atoms with Crippen LogP contribution in [0.1, 0.15) is 0 Å². The summed E-state index contributed by atoms with van der Waals surface area (Å²) in [6.45, 7) is 0. The Kier molecular flexibility index (Phi) is 4.94. The first-order valence-electron chi connectivity index (χ1n) is 9.34. The van der Waals surface area contributed by atoms with Crippen LogP contribution in [-0.4, -0.2) is 47.3 Å². The van der Waals surface area contributed by atoms with Crippen LogP contribution in [0, 0.1) is 0 Å². The number of rotatable bonds is 0. The zero-order chi connectivity index (χ0) is 21.2. The molecule has 31 heavy (non-hydrogen) atoms. The first kappa shape index (κ1) is 20.8. The molecule has 5 rings (SSSR count). The van der Waals surface area contributed by atoms with Gasteiger partial charge in [0.15, 0.2) is 22.8 Å². The van der Waals surface area contributed by atoms with Gasteiger partial charge in [0.1, 0.15) is 0 Å². The first-order valence-corrected chi connectivity index (χ1v) is 9.34. The molecule has 0 fully saturated rings. The van der Waals surface area contributed by atoms with Crippen LogP contribution in [0.25, 0.3) is 45.7 Å². The summed E-state index contributed by atoms with van der Waals surface area (Å²) < 4.78 is 11.4. The summed E-state index contributed by atoms with van der Waals surface area (Å²) in [4.78, 5) is 27.8. The second kappa shape index (κ2) is 7.36. The Hall–Kier alpha value is -3.44. The third kappa shape index (κ3) is 3.22. The maximum absolute atomic E-state index is 4.78. The Balaban J connectivity index is 0.00000231. The number of hydrogen-bond acceptors (Lipinski definition) is 4. The number of hydrogen-bond donors (Lipinski definition) is 0. The molecule has 0 aromatic carbocycles. The number of fused-ring (bicyclic) bond motifs is 8. The van der Waals surface area contributed by atoms with Crippen molar-refractivity contribution >= 4 is 45.7 Å². The van der Waals surface area contributed by atoms with Crippen molar-refractivity contribution in [3.8, 4) is 0 Å². The predicted octanol–water partition coefficient (Wildman–Crippen LogP) is 0.633. The van der Waals surface area contributed by atoms with E-state index in [1.54, 1.807) is 12.4 Å². The van der Waals surface area contributed by atoms with Gasteiger partial charge in [-0.15, -0.1) is 0 Å². The molecule has 5 heterocycles. The van der Waals surface area contributed by atoms with Gasteiger partial charge in [-0.1, -0.05) is 0 Å². The van der Waals surface area contributed by atoms with Gasteiger partial charge in [0, 0.05) is 44.8 Å². The van der Waals surface area contributed by atoms with E-state index in [1.807, 2.05) is 82.1 Å². The average Bonchev–Trinajstić information content (AvgIpc) is 3.50. The fraction of sp³-hybridized carbons (Fsp3) is 0.333. The Morgan fingerprint density at radius 1 is 0.613 bits per heavy atom. The third-order valence-electron chi connectivity index (χ3n) is 5.27. The van der Waals surface area contributed by atoms with Gasteiger partial charge in [-0.3, -0.25) is 0 Å². The number of imidazole rings is 4. The second-order valence-electron chi connectivity index (χ2n) is 7.31. The van der Waals surface area contributed by atoms with Crippen LogP contribution < -0.4 is 9.97 Å². The summed E-state index contributed by atoms with van der Waals surface area (Å²) in [5.74, 6) is 2.52. The minimum Gasteiger partial charge on any atom is -0.378 e.